The zero-order valence-corrected chi connectivity index (χ0v) is 14.2. The van der Waals surface area contributed by atoms with E-state index in [0.29, 0.717) is 6.42 Å². The largest absolute Gasteiger partial charge is 0.466 e. The summed E-state index contributed by atoms with van der Waals surface area (Å²) in [5.41, 5.74) is 0. The lowest BCUT2D eigenvalue weighted by Gasteiger charge is -2.12. The molecule has 2 N–H and O–H groups in total. The smallest absolute Gasteiger partial charge is 0.305 e. The molecule has 0 aromatic carbocycles. The Hall–Kier alpha value is -0.990. The average Bonchev–Trinajstić information content (AvgIpc) is 2.40. The molecule has 0 radical (unpaired) electrons. The fourth-order valence-corrected chi connectivity index (χ4v) is 2.82. The van der Waals surface area contributed by atoms with Crippen molar-refractivity contribution in [2.75, 3.05) is 20.2 Å². The molecule has 0 saturated heterocycles. The van der Waals surface area contributed by atoms with Crippen LogP contribution in [-0.2, 0) is 24.4 Å². The number of ether oxygens (including phenoxy) is 1. The van der Waals surface area contributed by atoms with Crippen LogP contribution in [0.4, 0.5) is 0 Å². The summed E-state index contributed by atoms with van der Waals surface area (Å²) in [4.78, 5) is 22.4. The van der Waals surface area contributed by atoms with Crippen LogP contribution in [0.25, 0.3) is 0 Å². The van der Waals surface area contributed by atoms with Gasteiger partial charge in [0.05, 0.1) is 11.9 Å². The third-order valence-electron chi connectivity index (χ3n) is 3.20. The van der Waals surface area contributed by atoms with Gasteiger partial charge in [0.25, 0.3) is 10.1 Å². The molecule has 0 heterocycles. The zero-order valence-electron chi connectivity index (χ0n) is 13.3. The first-order chi connectivity index (χ1) is 10.3. The molecule has 0 fully saturated rings. The van der Waals surface area contributed by atoms with Crippen molar-refractivity contribution in [3.05, 3.63) is 0 Å². The number of ketones is 1. The van der Waals surface area contributed by atoms with Crippen LogP contribution in [0.1, 0.15) is 51.9 Å². The van der Waals surface area contributed by atoms with Crippen LogP contribution in [0.5, 0.6) is 0 Å². The minimum Gasteiger partial charge on any atom is -0.466 e. The summed E-state index contributed by atoms with van der Waals surface area (Å²) in [6.07, 6.45) is 3.72. The van der Waals surface area contributed by atoms with E-state index in [1.807, 2.05) is 7.05 Å². The van der Waals surface area contributed by atoms with Crippen molar-refractivity contribution in [2.45, 2.75) is 57.1 Å². The lowest BCUT2D eigenvalue weighted by Crippen LogP contribution is -2.25. The van der Waals surface area contributed by atoms with Crippen LogP contribution in [0, 0.1) is 0 Å². The van der Waals surface area contributed by atoms with E-state index < -0.39 is 15.4 Å². The Morgan fingerprint density at radius 3 is 2.36 bits per heavy atom. The third kappa shape index (κ3) is 11.6. The Bertz CT molecular complexity index is 435. The summed E-state index contributed by atoms with van der Waals surface area (Å²) in [6.45, 7) is 2.09. The molecule has 0 spiro atoms. The van der Waals surface area contributed by atoms with E-state index in [4.69, 9.17) is 9.29 Å². The maximum atomic E-state index is 11.5. The molecule has 22 heavy (non-hydrogen) atoms. The van der Waals surface area contributed by atoms with E-state index in [2.05, 4.69) is 5.32 Å². The molecule has 0 amide bonds. The van der Waals surface area contributed by atoms with Crippen LogP contribution >= 0.6 is 0 Å². The minimum atomic E-state index is -4.31. The summed E-state index contributed by atoms with van der Waals surface area (Å²) >= 11 is 0. The van der Waals surface area contributed by atoms with E-state index in [0.717, 1.165) is 32.2 Å². The van der Waals surface area contributed by atoms with Gasteiger partial charge in [0.15, 0.2) is 0 Å². The monoisotopic (exact) mass is 337 g/mol. The van der Waals surface area contributed by atoms with Gasteiger partial charge in [-0.2, -0.15) is 8.42 Å². The molecule has 130 valence electrons. The van der Waals surface area contributed by atoms with E-state index in [1.165, 1.54) is 6.92 Å². The Morgan fingerprint density at radius 2 is 1.82 bits per heavy atom. The third-order valence-corrected chi connectivity index (χ3v) is 4.44. The van der Waals surface area contributed by atoms with Crippen LogP contribution in [-0.4, -0.2) is 50.2 Å². The van der Waals surface area contributed by atoms with Crippen molar-refractivity contribution in [1.29, 1.82) is 0 Å². The molecule has 0 aromatic heterocycles. The molecule has 0 aliphatic heterocycles. The predicted molar refractivity (Wildman–Crippen MR) is 83.2 cm³/mol. The summed E-state index contributed by atoms with van der Waals surface area (Å²) in [5, 5.41) is 1.84. The van der Waals surface area contributed by atoms with Gasteiger partial charge in [0.1, 0.15) is 5.78 Å². The highest BCUT2D eigenvalue weighted by atomic mass is 32.2. The number of carbonyl (C=O) groups is 2. The Labute approximate surface area is 132 Å². The quantitative estimate of drug-likeness (QED) is 0.296. The molecule has 1 atom stereocenters. The molecule has 0 aliphatic carbocycles. The van der Waals surface area contributed by atoms with Crippen molar-refractivity contribution in [3.63, 3.8) is 0 Å². The maximum absolute atomic E-state index is 11.5. The van der Waals surface area contributed by atoms with Gasteiger partial charge >= 0.3 is 5.97 Å². The minimum absolute atomic E-state index is 0.0771. The highest BCUT2D eigenvalue weighted by Gasteiger charge is 2.24. The number of hydrogen-bond donors (Lipinski definition) is 2. The standard InChI is InChI=1S/C14H27NO6S/c1-12(16)11-13(22(18,19)20)8-10-21-14(17)7-5-3-4-6-9-15-2/h13,15H,3-11H2,1-2H3,(H,18,19,20). The fraction of sp³-hybridized carbons (Fsp3) is 0.857. The lowest BCUT2D eigenvalue weighted by atomic mass is 10.1. The van der Waals surface area contributed by atoms with Gasteiger partial charge in [-0.1, -0.05) is 12.8 Å². The van der Waals surface area contributed by atoms with Gasteiger partial charge < -0.3 is 10.1 Å². The average molecular weight is 337 g/mol. The number of Topliss-reactive ketones (excluding diaryl/α,β-unsaturated/α-hetero) is 1. The number of nitrogens with one attached hydrogen (secondary N) is 1. The van der Waals surface area contributed by atoms with Gasteiger partial charge in [-0.05, 0) is 33.4 Å². The molecule has 0 aliphatic rings. The van der Waals surface area contributed by atoms with Crippen molar-refractivity contribution in [1.82, 2.24) is 5.32 Å². The normalized spacial score (nSPS) is 12.9. The first-order valence-corrected chi connectivity index (χ1v) is 9.03. The van der Waals surface area contributed by atoms with Gasteiger partial charge in [-0.25, -0.2) is 0 Å². The Balaban J connectivity index is 3.87. The van der Waals surface area contributed by atoms with Crippen molar-refractivity contribution in [2.24, 2.45) is 0 Å². The second-order valence-corrected chi connectivity index (χ2v) is 7.02. The van der Waals surface area contributed by atoms with Gasteiger partial charge in [-0.15, -0.1) is 0 Å². The molecule has 8 heteroatoms. The lowest BCUT2D eigenvalue weighted by molar-refractivity contribution is -0.143. The summed E-state index contributed by atoms with van der Waals surface area (Å²) in [7, 11) is -2.41. The second-order valence-electron chi connectivity index (χ2n) is 5.32. The van der Waals surface area contributed by atoms with E-state index in [9.17, 15) is 18.0 Å². The van der Waals surface area contributed by atoms with E-state index in [1.54, 1.807) is 0 Å². The number of rotatable bonds is 13. The fourth-order valence-electron chi connectivity index (χ4n) is 1.98. The SMILES string of the molecule is CNCCCCCCC(=O)OCCC(CC(C)=O)S(=O)(=O)O. The molecule has 1 unspecified atom stereocenters. The van der Waals surface area contributed by atoms with Gasteiger partial charge in [-0.3, -0.25) is 14.1 Å². The molecule has 0 saturated carbocycles. The molecule has 0 bridgehead atoms. The highest BCUT2D eigenvalue weighted by Crippen LogP contribution is 2.11. The number of esters is 1. The predicted octanol–water partition coefficient (Wildman–Crippen LogP) is 1.33. The Morgan fingerprint density at radius 1 is 1.18 bits per heavy atom. The number of hydrogen-bond acceptors (Lipinski definition) is 6. The summed E-state index contributed by atoms with van der Waals surface area (Å²) in [5.74, 6) is -0.721. The van der Waals surface area contributed by atoms with Gasteiger partial charge in [0.2, 0.25) is 0 Å². The van der Waals surface area contributed by atoms with Gasteiger partial charge in [0, 0.05) is 19.3 Å². The number of carbonyl (C=O) groups excluding carboxylic acids is 2. The molecule has 0 aromatic rings. The second kappa shape index (κ2) is 11.6. The molecular weight excluding hydrogens is 310 g/mol. The first-order valence-electron chi connectivity index (χ1n) is 7.53. The Kier molecular flexibility index (Phi) is 11.0. The number of unbranched alkanes of at least 4 members (excludes halogenated alkanes) is 3. The molecule has 7 nitrogen and oxygen atoms in total. The van der Waals surface area contributed by atoms with Crippen molar-refractivity contribution < 1.29 is 27.3 Å². The summed E-state index contributed by atoms with van der Waals surface area (Å²) < 4.78 is 36.1. The highest BCUT2D eigenvalue weighted by molar-refractivity contribution is 7.86. The van der Waals surface area contributed by atoms with E-state index >= 15 is 0 Å². The van der Waals surface area contributed by atoms with Crippen LogP contribution in [0.15, 0.2) is 0 Å². The van der Waals surface area contributed by atoms with Crippen molar-refractivity contribution >= 4 is 21.9 Å². The maximum Gasteiger partial charge on any atom is 0.305 e. The topological polar surface area (TPSA) is 110 Å². The van der Waals surface area contributed by atoms with Crippen LogP contribution in [0.2, 0.25) is 0 Å². The van der Waals surface area contributed by atoms with E-state index in [-0.39, 0.29) is 31.2 Å². The first kappa shape index (κ1) is 21.0. The molecule has 0 rings (SSSR count). The zero-order chi connectivity index (χ0) is 17.0. The summed E-state index contributed by atoms with van der Waals surface area (Å²) in [6, 6.07) is 0. The molecular formula is C14H27NO6S. The van der Waals surface area contributed by atoms with Crippen molar-refractivity contribution in [3.8, 4) is 0 Å². The van der Waals surface area contributed by atoms with Crippen LogP contribution < -0.4 is 5.32 Å². The van der Waals surface area contributed by atoms with Crippen LogP contribution in [0.3, 0.4) is 0 Å².